The van der Waals surface area contributed by atoms with Gasteiger partial charge in [0.05, 0.1) is 78.3 Å². The predicted octanol–water partition coefficient (Wildman–Crippen LogP) is -16.6. The molecule has 5 aromatic carbocycles. The van der Waals surface area contributed by atoms with E-state index in [-0.39, 0.29) is 229 Å². The quantitative estimate of drug-likeness (QED) is 0.00616. The molecule has 400 valence electrons. The molecule has 0 saturated heterocycles. The number of phenols is 1. The number of anilines is 3. The van der Waals surface area contributed by atoms with Crippen molar-refractivity contribution in [1.82, 2.24) is 0 Å². The Kier molecular flexibility index (Phi) is 41.6. The van der Waals surface area contributed by atoms with Crippen LogP contribution in [-0.2, 0) is 86.5 Å². The van der Waals surface area contributed by atoms with Gasteiger partial charge in [0.2, 0.25) is 0 Å². The molecule has 46 heteroatoms. The van der Waals surface area contributed by atoms with E-state index in [1.807, 2.05) is 0 Å². The molecular formula is C33H29N7Na6O25S8. The van der Waals surface area contributed by atoms with E-state index in [0.717, 1.165) is 30.3 Å². The number of sulfone groups is 2. The SMILES string of the molecule is CNc1ccc2c(O)cc(SOO[O-])cc2c1N=Nc1ccc(S(=O)(=O)CCOSOO[O-])cc1S(=O)(=O)[O-].Nc1cc(N)c(S(=O)(=O)[O-])cc1N=Nc1ccc(S(=O)(=O)CCOSOO[O-])cc1S(=O)(=O)[O-].[Na+].[Na+].[Na+].[Na+].[Na+].[Na+]. The Morgan fingerprint density at radius 3 is 1.41 bits per heavy atom. The molecule has 0 aromatic heterocycles. The summed E-state index contributed by atoms with van der Waals surface area (Å²) in [4.78, 5) is -3.74. The van der Waals surface area contributed by atoms with Gasteiger partial charge >= 0.3 is 177 Å². The molecule has 0 bridgehead atoms. The van der Waals surface area contributed by atoms with Crippen molar-refractivity contribution in [1.29, 1.82) is 0 Å². The Balaban J connectivity index is -0.00000137. The fourth-order valence-electron chi connectivity index (χ4n) is 5.50. The van der Waals surface area contributed by atoms with Crippen LogP contribution in [0.25, 0.3) is 10.8 Å². The maximum atomic E-state index is 12.6. The van der Waals surface area contributed by atoms with Crippen LogP contribution in [0.3, 0.4) is 0 Å². The van der Waals surface area contributed by atoms with Crippen LogP contribution < -0.4 is 210 Å². The number of rotatable bonds is 25. The van der Waals surface area contributed by atoms with Crippen molar-refractivity contribution in [2.45, 2.75) is 29.4 Å². The zero-order valence-electron chi connectivity index (χ0n) is 41.7. The van der Waals surface area contributed by atoms with Crippen LogP contribution in [0.1, 0.15) is 0 Å². The number of nitrogens with two attached hydrogens (primary N) is 2. The van der Waals surface area contributed by atoms with Crippen LogP contribution in [0.5, 0.6) is 5.75 Å². The Morgan fingerprint density at radius 2 is 0.975 bits per heavy atom. The van der Waals surface area contributed by atoms with Crippen LogP contribution in [0.4, 0.5) is 39.8 Å². The summed E-state index contributed by atoms with van der Waals surface area (Å²) in [6.07, 6.45) is 0. The van der Waals surface area contributed by atoms with E-state index in [1.165, 1.54) is 12.1 Å². The summed E-state index contributed by atoms with van der Waals surface area (Å²) in [5.41, 5.74) is 9.39. The van der Waals surface area contributed by atoms with Gasteiger partial charge in [-0.05, 0) is 72.8 Å². The van der Waals surface area contributed by atoms with E-state index in [4.69, 9.17) is 11.5 Å². The van der Waals surface area contributed by atoms with Crippen molar-refractivity contribution in [3.8, 4) is 5.75 Å². The van der Waals surface area contributed by atoms with Crippen molar-refractivity contribution in [2.24, 2.45) is 20.5 Å². The van der Waals surface area contributed by atoms with Gasteiger partial charge in [-0.15, -0.1) is 29.1 Å². The number of phenolic OH excluding ortho intramolecular Hbond substituents is 1. The molecule has 0 aliphatic carbocycles. The largest absolute Gasteiger partial charge is 1.00 e. The molecule has 0 radical (unpaired) electrons. The minimum Gasteiger partial charge on any atom is -0.744 e. The third-order valence-electron chi connectivity index (χ3n) is 8.64. The summed E-state index contributed by atoms with van der Waals surface area (Å²) in [6.45, 7) is -0.969. The summed E-state index contributed by atoms with van der Waals surface area (Å²) in [5.74, 6) is -1.57. The Labute approximate surface area is 595 Å². The van der Waals surface area contributed by atoms with Gasteiger partial charge in [0.15, 0.2) is 44.3 Å². The van der Waals surface area contributed by atoms with Crippen LogP contribution >= 0.6 is 36.7 Å². The third kappa shape index (κ3) is 26.1. The Hall–Kier alpha value is 1.000. The first-order valence-electron chi connectivity index (χ1n) is 18.4. The summed E-state index contributed by atoms with van der Waals surface area (Å²) in [7, 11) is -22.3. The minimum atomic E-state index is -5.27. The van der Waals surface area contributed by atoms with E-state index in [1.54, 1.807) is 19.2 Å². The first-order valence-corrected chi connectivity index (χ1v) is 28.0. The van der Waals surface area contributed by atoms with Gasteiger partial charge in [-0.2, -0.15) is 4.33 Å². The molecule has 0 aliphatic heterocycles. The number of benzene rings is 5. The third-order valence-corrected chi connectivity index (χ3v) is 15.9. The minimum absolute atomic E-state index is 0. The molecule has 0 amide bonds. The second kappa shape index (κ2) is 39.0. The van der Waals surface area contributed by atoms with Crippen LogP contribution in [0, 0.1) is 0 Å². The molecule has 0 aliphatic rings. The van der Waals surface area contributed by atoms with Gasteiger partial charge in [-0.3, -0.25) is 23.5 Å². The van der Waals surface area contributed by atoms with E-state index < -0.39 is 122 Å². The topological polar surface area (TPSA) is 517 Å². The molecule has 5 aromatic rings. The normalized spacial score (nSPS) is 11.7. The van der Waals surface area contributed by atoms with Gasteiger partial charge in [0, 0.05) is 22.7 Å². The number of hydrogen-bond donors (Lipinski definition) is 4. The molecule has 0 atom stereocenters. The predicted molar refractivity (Wildman–Crippen MR) is 239 cm³/mol. The molecule has 0 unspecified atom stereocenters. The number of nitrogen functional groups attached to an aromatic ring is 2. The number of nitrogens with zero attached hydrogens (tertiary/aromatic N) is 4. The molecular weight excluding hydrogens is 1290 g/mol. The van der Waals surface area contributed by atoms with E-state index >= 15 is 0 Å². The van der Waals surface area contributed by atoms with Crippen molar-refractivity contribution in [2.75, 3.05) is 48.6 Å². The van der Waals surface area contributed by atoms with Gasteiger partial charge in [-0.25, -0.2) is 42.1 Å². The van der Waals surface area contributed by atoms with Crippen molar-refractivity contribution >= 4 is 137 Å². The molecule has 79 heavy (non-hydrogen) atoms. The van der Waals surface area contributed by atoms with E-state index in [0.29, 0.717) is 41.3 Å². The first-order chi connectivity index (χ1) is 34.2. The zero-order valence-corrected chi connectivity index (χ0v) is 60.2. The zero-order chi connectivity index (χ0) is 54.4. The van der Waals surface area contributed by atoms with Gasteiger partial charge < -0.3 is 51.3 Å². The number of aromatic hydroxyl groups is 1. The Bertz CT molecular complexity index is 3460. The summed E-state index contributed by atoms with van der Waals surface area (Å²) >= 11 is 0.654. The molecule has 0 saturated carbocycles. The second-order valence-electron chi connectivity index (χ2n) is 13.1. The maximum absolute atomic E-state index is 12.6. The van der Waals surface area contributed by atoms with E-state index in [9.17, 15) is 76.6 Å². The smallest absolute Gasteiger partial charge is 0.744 e. The maximum Gasteiger partial charge on any atom is 1.00 e. The standard InChI is InChI=1S/C19H19N3O13S4.C14H16N4O12S4.6Na/c1-20-16-5-3-13-14(8-11(9-17(13)23)36-34-32-24)19(16)22-21-15-4-2-12(10-18(15)39(28,29)30)38(26,27)7-6-31-37-35-33-25;15-9-6-10(16)13(33(22,23)24)7-12(9)18-17-11-2-1-8(5-14(11)34(25,26)27)32(20,21)4-3-28-31-30-29-19;;;;;;/h2-5,8-10,20,23-25H,6-7H2,1H3,(H,28,29,30);1-2,5-7,19H,3-4,15-16H2,(H,22,23,24)(H,25,26,27);;;;;;/q;;6*+1/p-6. The Morgan fingerprint density at radius 1 is 0.532 bits per heavy atom. The van der Waals surface area contributed by atoms with Gasteiger partial charge in [-0.1, -0.05) is 0 Å². The first kappa shape index (κ1) is 84.2. The molecule has 0 spiro atoms. The molecule has 6 N–H and O–H groups in total. The number of nitrogens with one attached hydrogen (secondary N) is 1. The molecule has 32 nitrogen and oxygen atoms in total. The number of azo groups is 2. The van der Waals surface area contributed by atoms with Crippen molar-refractivity contribution in [3.63, 3.8) is 0 Å². The molecule has 0 fully saturated rings. The average molecular weight is 1320 g/mol. The average Bonchev–Trinajstić information content (AvgIpc) is 3.31. The second-order valence-corrected chi connectivity index (χ2v) is 23.2. The van der Waals surface area contributed by atoms with E-state index in [2.05, 4.69) is 62.3 Å². The van der Waals surface area contributed by atoms with Crippen LogP contribution in [0.15, 0.2) is 123 Å². The fourth-order valence-corrected chi connectivity index (χ4v) is 10.8. The fraction of sp³-hybridized carbons (Fsp3) is 0.152. The van der Waals surface area contributed by atoms with Crippen molar-refractivity contribution in [3.05, 3.63) is 72.8 Å². The monoisotopic (exact) mass is 1320 g/mol. The van der Waals surface area contributed by atoms with Crippen LogP contribution in [-0.4, -0.2) is 92.6 Å². The van der Waals surface area contributed by atoms with Gasteiger partial charge in [0.25, 0.3) is 0 Å². The molecule has 0 heterocycles. The summed E-state index contributed by atoms with van der Waals surface area (Å²) in [6, 6.07) is 12.4. The van der Waals surface area contributed by atoms with Gasteiger partial charge in [0.1, 0.15) is 58.9 Å². The van der Waals surface area contributed by atoms with Crippen LogP contribution in [0.2, 0.25) is 0 Å². The summed E-state index contributed by atoms with van der Waals surface area (Å²) in [5, 5.41) is 67.7. The number of fused-ring (bicyclic) bond motifs is 1. The molecule has 5 rings (SSSR count). The number of hydrogen-bond acceptors (Lipinski definition) is 35. The van der Waals surface area contributed by atoms with Crippen molar-refractivity contribution < 1.29 is 290 Å². The summed E-state index contributed by atoms with van der Waals surface area (Å²) < 4.78 is 176.